The van der Waals surface area contributed by atoms with E-state index in [2.05, 4.69) is 56.3 Å². The monoisotopic (exact) mass is 712 g/mol. The molecule has 7 aromatic carbocycles. The Labute approximate surface area is 319 Å². The number of aromatic nitrogens is 3. The fourth-order valence-corrected chi connectivity index (χ4v) is 7.44. The first-order valence-electron chi connectivity index (χ1n) is 18.1. The molecule has 0 N–H and O–H groups in total. The van der Waals surface area contributed by atoms with Gasteiger partial charge < -0.3 is 4.74 Å². The molecule has 0 amide bonds. The average Bonchev–Trinajstić information content (AvgIpc) is 3.23. The molecular formula is C49H33FN4O. The predicted molar refractivity (Wildman–Crippen MR) is 216 cm³/mol. The molecule has 0 fully saturated rings. The lowest BCUT2D eigenvalue weighted by molar-refractivity contribution is 0.106. The molecule has 0 aliphatic carbocycles. The lowest BCUT2D eigenvalue weighted by atomic mass is 9.79. The van der Waals surface area contributed by atoms with Gasteiger partial charge >= 0.3 is 0 Å². The highest BCUT2D eigenvalue weighted by Gasteiger charge is 2.35. The van der Waals surface area contributed by atoms with Gasteiger partial charge in [-0.05, 0) is 89.2 Å². The Balaban J connectivity index is 1.22. The number of hydrogen-bond acceptors (Lipinski definition) is 5. The minimum atomic E-state index is -0.652. The quantitative estimate of drug-likeness (QED) is 0.172. The molecule has 5 nitrogen and oxygen atoms in total. The van der Waals surface area contributed by atoms with Crippen LogP contribution in [0.15, 0.2) is 164 Å². The summed E-state index contributed by atoms with van der Waals surface area (Å²) in [4.78, 5) is 15.1. The van der Waals surface area contributed by atoms with Crippen LogP contribution in [0.1, 0.15) is 25.0 Å². The van der Waals surface area contributed by atoms with Crippen LogP contribution in [0, 0.1) is 17.1 Å². The van der Waals surface area contributed by atoms with Crippen LogP contribution >= 0.6 is 0 Å². The van der Waals surface area contributed by atoms with Crippen LogP contribution in [0.2, 0.25) is 0 Å². The van der Waals surface area contributed by atoms with Crippen molar-refractivity contribution in [3.05, 3.63) is 181 Å². The highest BCUT2D eigenvalue weighted by molar-refractivity contribution is 5.92. The summed E-state index contributed by atoms with van der Waals surface area (Å²) in [5.41, 5.74) is 11.5. The highest BCUT2D eigenvalue weighted by Crippen LogP contribution is 2.50. The molecule has 0 atom stereocenters. The lowest BCUT2D eigenvalue weighted by Gasteiger charge is -2.37. The fourth-order valence-electron chi connectivity index (χ4n) is 7.44. The van der Waals surface area contributed by atoms with E-state index >= 15 is 0 Å². The number of benzene rings is 7. The fraction of sp³-hybridized carbons (Fsp3) is 0.0612. The van der Waals surface area contributed by atoms with Crippen LogP contribution in [0.3, 0.4) is 0 Å². The van der Waals surface area contributed by atoms with E-state index in [0.717, 1.165) is 72.5 Å². The van der Waals surface area contributed by atoms with Gasteiger partial charge in [0.05, 0.1) is 11.6 Å². The zero-order valence-electron chi connectivity index (χ0n) is 30.2. The summed E-state index contributed by atoms with van der Waals surface area (Å²) in [6.45, 7) is 4.20. The van der Waals surface area contributed by atoms with Gasteiger partial charge in [-0.25, -0.2) is 19.3 Å². The number of nitrogens with zero attached hydrogens (tertiary/aromatic N) is 4. The van der Waals surface area contributed by atoms with Crippen molar-refractivity contribution in [2.75, 3.05) is 0 Å². The Bertz CT molecular complexity index is 2750. The number of fused-ring (bicyclic) bond motifs is 3. The van der Waals surface area contributed by atoms with E-state index in [9.17, 15) is 9.65 Å². The van der Waals surface area contributed by atoms with Gasteiger partial charge in [-0.1, -0.05) is 127 Å². The van der Waals surface area contributed by atoms with Crippen molar-refractivity contribution < 1.29 is 9.13 Å². The average molecular weight is 713 g/mol. The number of halogens is 1. The second kappa shape index (κ2) is 13.6. The van der Waals surface area contributed by atoms with Crippen molar-refractivity contribution in [2.45, 2.75) is 19.4 Å². The molecular weight excluding hydrogens is 680 g/mol. The van der Waals surface area contributed by atoms with E-state index in [1.165, 1.54) is 12.1 Å². The predicted octanol–water partition coefficient (Wildman–Crippen LogP) is 12.2. The molecule has 0 saturated carbocycles. The first-order chi connectivity index (χ1) is 26.8. The number of hydrogen-bond donors (Lipinski definition) is 0. The van der Waals surface area contributed by atoms with Gasteiger partial charge in [-0.15, -0.1) is 0 Å². The number of rotatable bonds is 6. The van der Waals surface area contributed by atoms with Gasteiger partial charge in [-0.3, -0.25) is 0 Å². The molecule has 262 valence electrons. The van der Waals surface area contributed by atoms with Crippen molar-refractivity contribution >= 4 is 0 Å². The van der Waals surface area contributed by atoms with E-state index in [1.807, 2.05) is 115 Å². The van der Waals surface area contributed by atoms with E-state index < -0.39 is 5.60 Å². The Morgan fingerprint density at radius 1 is 0.473 bits per heavy atom. The van der Waals surface area contributed by atoms with E-state index in [4.69, 9.17) is 19.7 Å². The van der Waals surface area contributed by atoms with Crippen molar-refractivity contribution in [2.24, 2.45) is 0 Å². The minimum absolute atomic E-state index is 0.291. The lowest BCUT2D eigenvalue weighted by Crippen LogP contribution is -2.30. The second-order valence-corrected chi connectivity index (χ2v) is 14.0. The standard InChI is InChI=1S/C49H33FN4O/c1-49(2)45-41(40-11-6-7-14-44(40)55-49)12-8-13-42(45)43-29-37(25-28-39(43)34-23-26-38(50)27-24-34)48-53-46(35-9-4-3-5-10-35)52-47(54-48)36-21-19-33(20-22-36)32-17-15-31(30-51)16-18-32/h3-29H,1-2H3. The molecule has 8 aromatic rings. The van der Waals surface area contributed by atoms with E-state index in [0.29, 0.717) is 23.0 Å². The number of ether oxygens (including phenoxy) is 1. The molecule has 1 aliphatic rings. The normalized spacial score (nSPS) is 12.5. The van der Waals surface area contributed by atoms with Crippen LogP contribution in [0.25, 0.3) is 78.7 Å². The van der Waals surface area contributed by atoms with E-state index in [-0.39, 0.29) is 5.82 Å². The molecule has 1 aromatic heterocycles. The topological polar surface area (TPSA) is 71.7 Å². The van der Waals surface area contributed by atoms with Gasteiger partial charge in [0.25, 0.3) is 0 Å². The van der Waals surface area contributed by atoms with Crippen LogP contribution in [0.5, 0.6) is 5.75 Å². The summed E-state index contributed by atoms with van der Waals surface area (Å²) >= 11 is 0. The van der Waals surface area contributed by atoms with Crippen molar-refractivity contribution in [3.8, 4) is 90.5 Å². The molecule has 0 bridgehead atoms. The van der Waals surface area contributed by atoms with Crippen molar-refractivity contribution in [3.63, 3.8) is 0 Å². The summed E-state index contributed by atoms with van der Waals surface area (Å²) in [6.07, 6.45) is 0. The third kappa shape index (κ3) is 6.32. The minimum Gasteiger partial charge on any atom is -0.482 e. The summed E-state index contributed by atoms with van der Waals surface area (Å²) in [5.74, 6) is 2.19. The van der Waals surface area contributed by atoms with Crippen molar-refractivity contribution in [1.82, 2.24) is 15.0 Å². The van der Waals surface area contributed by atoms with Crippen LogP contribution in [-0.4, -0.2) is 15.0 Å². The third-order valence-electron chi connectivity index (χ3n) is 10.1. The van der Waals surface area contributed by atoms with Crippen LogP contribution in [-0.2, 0) is 5.60 Å². The first kappa shape index (κ1) is 33.6. The largest absolute Gasteiger partial charge is 0.482 e. The summed E-state index contributed by atoms with van der Waals surface area (Å²) in [7, 11) is 0. The van der Waals surface area contributed by atoms with Crippen molar-refractivity contribution in [1.29, 1.82) is 5.26 Å². The Kier molecular flexibility index (Phi) is 8.33. The van der Waals surface area contributed by atoms with Gasteiger partial charge in [0.1, 0.15) is 17.2 Å². The zero-order chi connectivity index (χ0) is 37.5. The summed E-state index contributed by atoms with van der Waals surface area (Å²) < 4.78 is 20.9. The Morgan fingerprint density at radius 3 is 1.65 bits per heavy atom. The Morgan fingerprint density at radius 2 is 0.982 bits per heavy atom. The molecule has 0 spiro atoms. The number of para-hydroxylation sites is 1. The van der Waals surface area contributed by atoms with Crippen LogP contribution < -0.4 is 4.74 Å². The maximum Gasteiger partial charge on any atom is 0.164 e. The van der Waals surface area contributed by atoms with Gasteiger partial charge in [-0.2, -0.15) is 5.26 Å². The molecule has 1 aliphatic heterocycles. The molecule has 0 saturated heterocycles. The van der Waals surface area contributed by atoms with Gasteiger partial charge in [0.15, 0.2) is 17.5 Å². The smallest absolute Gasteiger partial charge is 0.164 e. The molecule has 0 unspecified atom stereocenters. The van der Waals surface area contributed by atoms with Gasteiger partial charge in [0.2, 0.25) is 0 Å². The second-order valence-electron chi connectivity index (χ2n) is 14.0. The molecule has 2 heterocycles. The van der Waals surface area contributed by atoms with Gasteiger partial charge in [0, 0.05) is 27.8 Å². The van der Waals surface area contributed by atoms with E-state index in [1.54, 1.807) is 0 Å². The first-order valence-corrected chi connectivity index (χ1v) is 18.1. The molecule has 6 heteroatoms. The molecule has 55 heavy (non-hydrogen) atoms. The summed E-state index contributed by atoms with van der Waals surface area (Å²) in [6, 6.07) is 55.1. The highest BCUT2D eigenvalue weighted by atomic mass is 19.1. The van der Waals surface area contributed by atoms with Crippen LogP contribution in [0.4, 0.5) is 4.39 Å². The maximum atomic E-state index is 14.2. The SMILES string of the molecule is CC1(C)Oc2ccccc2-c2cccc(-c3cc(-c4nc(-c5ccccc5)nc(-c5ccc(-c6ccc(C#N)cc6)cc5)n4)ccc3-c3ccc(F)cc3)c21. The summed E-state index contributed by atoms with van der Waals surface area (Å²) in [5, 5.41) is 9.23. The Hall–Kier alpha value is -7.23. The maximum absolute atomic E-state index is 14.2. The molecule has 0 radical (unpaired) electrons. The molecule has 9 rings (SSSR count). The zero-order valence-corrected chi connectivity index (χ0v) is 30.2. The third-order valence-corrected chi connectivity index (χ3v) is 10.1. The number of nitriles is 1.